The van der Waals surface area contributed by atoms with E-state index < -0.39 is 12.0 Å². The van der Waals surface area contributed by atoms with Crippen molar-refractivity contribution in [3.63, 3.8) is 0 Å². The fourth-order valence-electron chi connectivity index (χ4n) is 2.42. The zero-order valence-corrected chi connectivity index (χ0v) is 10.1. The van der Waals surface area contributed by atoms with Crippen molar-refractivity contribution in [1.29, 1.82) is 0 Å². The number of hydrogen-bond acceptors (Lipinski definition) is 2. The molecule has 0 radical (unpaired) electrons. The van der Waals surface area contributed by atoms with Crippen LogP contribution in [0.15, 0.2) is 54.6 Å². The first-order valence-corrected chi connectivity index (χ1v) is 6.07. The molecule has 3 heteroatoms. The van der Waals surface area contributed by atoms with Crippen molar-refractivity contribution in [2.75, 3.05) is 0 Å². The number of carboxylic acids is 1. The van der Waals surface area contributed by atoms with Gasteiger partial charge in [-0.25, -0.2) is 0 Å². The average molecular weight is 243 g/mol. The number of carboxylic acid groups (broad SMARTS) is 1. The summed E-state index contributed by atoms with van der Waals surface area (Å²) >= 11 is 0. The predicted molar refractivity (Wildman–Crippen MR) is 71.2 cm³/mol. The van der Waals surface area contributed by atoms with Gasteiger partial charge < -0.3 is 10.8 Å². The van der Waals surface area contributed by atoms with E-state index in [0.29, 0.717) is 0 Å². The van der Waals surface area contributed by atoms with Gasteiger partial charge in [0.05, 0.1) is 0 Å². The summed E-state index contributed by atoms with van der Waals surface area (Å²) in [4.78, 5) is 11.2. The van der Waals surface area contributed by atoms with Gasteiger partial charge in [0.2, 0.25) is 0 Å². The zero-order valence-electron chi connectivity index (χ0n) is 10.1. The minimum atomic E-state index is -0.952. The van der Waals surface area contributed by atoms with Crippen molar-refractivity contribution in [2.45, 2.75) is 18.4 Å². The summed E-state index contributed by atoms with van der Waals surface area (Å²) in [7, 11) is 0. The Bertz CT molecular complexity index is 465. The molecule has 0 spiro atoms. The first kappa shape index (κ1) is 12.6. The van der Waals surface area contributed by atoms with Crippen LogP contribution in [0.25, 0.3) is 0 Å². The standard InChI is InChI=1S/C15H17NO2/c16-14(15(17)18)13(11-7-3-1-4-8-11)12-9-5-2-6-10-12/h1-9,12-14H,10,16H2,(H,17,18). The molecule has 0 aromatic heterocycles. The first-order valence-electron chi connectivity index (χ1n) is 6.07. The van der Waals surface area contributed by atoms with E-state index >= 15 is 0 Å². The summed E-state index contributed by atoms with van der Waals surface area (Å²) < 4.78 is 0. The molecule has 0 amide bonds. The van der Waals surface area contributed by atoms with Crippen LogP contribution >= 0.6 is 0 Å². The van der Waals surface area contributed by atoms with E-state index in [1.807, 2.05) is 48.6 Å². The molecule has 0 aliphatic heterocycles. The summed E-state index contributed by atoms with van der Waals surface area (Å²) in [5, 5.41) is 9.18. The van der Waals surface area contributed by atoms with Crippen LogP contribution in [-0.4, -0.2) is 17.1 Å². The Balaban J connectivity index is 2.31. The second-order valence-electron chi connectivity index (χ2n) is 4.51. The summed E-state index contributed by atoms with van der Waals surface area (Å²) in [6.45, 7) is 0. The van der Waals surface area contributed by atoms with Crippen LogP contribution in [0.5, 0.6) is 0 Å². The Labute approximate surface area is 107 Å². The summed E-state index contributed by atoms with van der Waals surface area (Å²) in [5.74, 6) is -1.000. The molecule has 0 saturated heterocycles. The molecule has 3 N–H and O–H groups in total. The number of hydrogen-bond donors (Lipinski definition) is 2. The predicted octanol–water partition coefficient (Wildman–Crippen LogP) is 2.31. The topological polar surface area (TPSA) is 63.3 Å². The summed E-state index contributed by atoms with van der Waals surface area (Å²) in [6, 6.07) is 8.76. The molecule has 3 nitrogen and oxygen atoms in total. The molecule has 3 atom stereocenters. The molecule has 1 aromatic rings. The minimum Gasteiger partial charge on any atom is -0.480 e. The van der Waals surface area contributed by atoms with Crippen molar-refractivity contribution in [3.8, 4) is 0 Å². The number of rotatable bonds is 4. The molecule has 0 heterocycles. The molecule has 0 bridgehead atoms. The van der Waals surface area contributed by atoms with Crippen LogP contribution in [0.2, 0.25) is 0 Å². The highest BCUT2D eigenvalue weighted by molar-refractivity contribution is 5.74. The van der Waals surface area contributed by atoms with Crippen LogP contribution in [0.4, 0.5) is 0 Å². The lowest BCUT2D eigenvalue weighted by atomic mass is 9.78. The van der Waals surface area contributed by atoms with Gasteiger partial charge in [0, 0.05) is 5.92 Å². The van der Waals surface area contributed by atoms with Gasteiger partial charge in [-0.1, -0.05) is 54.6 Å². The molecule has 2 rings (SSSR count). The Kier molecular flexibility index (Phi) is 3.95. The molecule has 1 aliphatic rings. The van der Waals surface area contributed by atoms with Crippen LogP contribution in [0, 0.1) is 5.92 Å². The SMILES string of the molecule is NC(C(=O)O)C(c1ccccc1)C1C=CC=CC1. The van der Waals surface area contributed by atoms with Crippen LogP contribution in [-0.2, 0) is 4.79 Å². The maximum atomic E-state index is 11.2. The van der Waals surface area contributed by atoms with E-state index in [9.17, 15) is 9.90 Å². The van der Waals surface area contributed by atoms with Gasteiger partial charge in [0.1, 0.15) is 6.04 Å². The number of carbonyl (C=O) groups is 1. The van der Waals surface area contributed by atoms with Crippen LogP contribution in [0.1, 0.15) is 17.9 Å². The third-order valence-corrected chi connectivity index (χ3v) is 3.33. The fraction of sp³-hybridized carbons (Fsp3) is 0.267. The highest BCUT2D eigenvalue weighted by atomic mass is 16.4. The second-order valence-corrected chi connectivity index (χ2v) is 4.51. The number of aliphatic carboxylic acids is 1. The number of benzene rings is 1. The van der Waals surface area contributed by atoms with Crippen molar-refractivity contribution in [3.05, 3.63) is 60.2 Å². The smallest absolute Gasteiger partial charge is 0.321 e. The highest BCUT2D eigenvalue weighted by Crippen LogP contribution is 2.32. The molecule has 0 fully saturated rings. The van der Waals surface area contributed by atoms with E-state index in [4.69, 9.17) is 5.73 Å². The van der Waals surface area contributed by atoms with Gasteiger partial charge >= 0.3 is 5.97 Å². The minimum absolute atomic E-state index is 0.142. The monoisotopic (exact) mass is 243 g/mol. The third-order valence-electron chi connectivity index (χ3n) is 3.33. The zero-order chi connectivity index (χ0) is 13.0. The quantitative estimate of drug-likeness (QED) is 0.853. The molecular weight excluding hydrogens is 226 g/mol. The lowest BCUT2D eigenvalue weighted by molar-refractivity contribution is -0.139. The normalized spacial score (nSPS) is 21.5. The largest absolute Gasteiger partial charge is 0.480 e. The Morgan fingerprint density at radius 2 is 2.00 bits per heavy atom. The van der Waals surface area contributed by atoms with Gasteiger partial charge in [0.25, 0.3) is 0 Å². The molecule has 94 valence electrons. The van der Waals surface area contributed by atoms with Crippen molar-refractivity contribution in [1.82, 2.24) is 0 Å². The summed E-state index contributed by atoms with van der Waals surface area (Å²) in [6.07, 6.45) is 8.86. The van der Waals surface area contributed by atoms with Crippen LogP contribution < -0.4 is 5.73 Å². The molecule has 1 aliphatic carbocycles. The van der Waals surface area contributed by atoms with E-state index in [1.165, 1.54) is 0 Å². The van der Waals surface area contributed by atoms with Gasteiger partial charge in [0.15, 0.2) is 0 Å². The Hall–Kier alpha value is -1.87. The van der Waals surface area contributed by atoms with E-state index in [-0.39, 0.29) is 11.8 Å². The van der Waals surface area contributed by atoms with Gasteiger partial charge in [-0.3, -0.25) is 4.79 Å². The lowest BCUT2D eigenvalue weighted by Crippen LogP contribution is -2.39. The Morgan fingerprint density at radius 1 is 1.28 bits per heavy atom. The molecule has 3 unspecified atom stereocenters. The van der Waals surface area contributed by atoms with Crippen LogP contribution in [0.3, 0.4) is 0 Å². The van der Waals surface area contributed by atoms with E-state index in [1.54, 1.807) is 0 Å². The first-order chi connectivity index (χ1) is 8.70. The molecule has 1 aromatic carbocycles. The highest BCUT2D eigenvalue weighted by Gasteiger charge is 2.31. The fourth-order valence-corrected chi connectivity index (χ4v) is 2.42. The van der Waals surface area contributed by atoms with Gasteiger partial charge in [-0.05, 0) is 17.9 Å². The third kappa shape index (κ3) is 2.68. The Morgan fingerprint density at radius 3 is 2.56 bits per heavy atom. The van der Waals surface area contributed by atoms with E-state index in [0.717, 1.165) is 12.0 Å². The van der Waals surface area contributed by atoms with Crippen molar-refractivity contribution in [2.24, 2.45) is 11.7 Å². The van der Waals surface area contributed by atoms with Crippen molar-refractivity contribution >= 4 is 5.97 Å². The maximum Gasteiger partial charge on any atom is 0.321 e. The number of allylic oxidation sites excluding steroid dienone is 4. The van der Waals surface area contributed by atoms with Gasteiger partial charge in [-0.15, -0.1) is 0 Å². The number of nitrogens with two attached hydrogens (primary N) is 1. The second kappa shape index (κ2) is 5.65. The van der Waals surface area contributed by atoms with Crippen molar-refractivity contribution < 1.29 is 9.90 Å². The average Bonchev–Trinajstić information content (AvgIpc) is 2.41. The molecule has 0 saturated carbocycles. The molecule has 18 heavy (non-hydrogen) atoms. The summed E-state index contributed by atoms with van der Waals surface area (Å²) in [5.41, 5.74) is 6.85. The van der Waals surface area contributed by atoms with Gasteiger partial charge in [-0.2, -0.15) is 0 Å². The maximum absolute atomic E-state index is 11.2. The van der Waals surface area contributed by atoms with E-state index in [2.05, 4.69) is 6.08 Å². The lowest BCUT2D eigenvalue weighted by Gasteiger charge is -2.28. The molecular formula is C15H17NO2.